The van der Waals surface area contributed by atoms with E-state index in [1.807, 2.05) is 0 Å². The van der Waals surface area contributed by atoms with Crippen molar-refractivity contribution in [2.45, 2.75) is 6.42 Å². The number of aromatic nitrogens is 3. The highest BCUT2D eigenvalue weighted by atomic mass is 79.9. The summed E-state index contributed by atoms with van der Waals surface area (Å²) in [4.78, 5) is 13.4. The molecule has 0 radical (unpaired) electrons. The number of rotatable bonds is 3. The maximum atomic E-state index is 12.9. The van der Waals surface area contributed by atoms with Crippen LogP contribution in [0.2, 0.25) is 5.28 Å². The first-order valence-electron chi connectivity index (χ1n) is 5.99. The van der Waals surface area contributed by atoms with Crippen molar-refractivity contribution in [3.8, 4) is 10.6 Å². The molecule has 7 heteroatoms. The van der Waals surface area contributed by atoms with Crippen molar-refractivity contribution in [2.75, 3.05) is 0 Å². The van der Waals surface area contributed by atoms with Gasteiger partial charge >= 0.3 is 0 Å². The van der Waals surface area contributed by atoms with E-state index in [9.17, 15) is 4.39 Å². The predicted octanol–water partition coefficient (Wildman–Crippen LogP) is 4.75. The van der Waals surface area contributed by atoms with Gasteiger partial charge in [-0.1, -0.05) is 12.1 Å². The van der Waals surface area contributed by atoms with Crippen LogP contribution >= 0.6 is 38.9 Å². The highest BCUT2D eigenvalue weighted by Gasteiger charge is 2.11. The Labute approximate surface area is 138 Å². The average Bonchev–Trinajstić information content (AvgIpc) is 2.92. The summed E-state index contributed by atoms with van der Waals surface area (Å²) in [5.41, 5.74) is 1.73. The SMILES string of the molecule is Fc1ccc(Cc2ncc(-c3nc(Cl)ncc3Br)s2)cc1. The quantitative estimate of drug-likeness (QED) is 0.612. The second-order valence-corrected chi connectivity index (χ2v) is 6.56. The fraction of sp³-hybridized carbons (Fsp3) is 0.0714. The average molecular weight is 385 g/mol. The van der Waals surface area contributed by atoms with Gasteiger partial charge in [-0.25, -0.2) is 19.3 Å². The molecule has 0 atom stereocenters. The van der Waals surface area contributed by atoms with E-state index < -0.39 is 0 Å². The van der Waals surface area contributed by atoms with E-state index in [1.165, 1.54) is 23.5 Å². The van der Waals surface area contributed by atoms with Gasteiger partial charge in [-0.15, -0.1) is 11.3 Å². The highest BCUT2D eigenvalue weighted by molar-refractivity contribution is 9.10. The first kappa shape index (κ1) is 14.6. The molecular weight excluding hydrogens is 377 g/mol. The number of benzene rings is 1. The Kier molecular flexibility index (Phi) is 4.28. The third-order valence-corrected chi connectivity index (χ3v) is 4.54. The van der Waals surface area contributed by atoms with Gasteiger partial charge in [-0.2, -0.15) is 0 Å². The molecule has 0 saturated heterocycles. The minimum absolute atomic E-state index is 0.196. The summed E-state index contributed by atoms with van der Waals surface area (Å²) in [5, 5.41) is 1.12. The Morgan fingerprint density at radius 1 is 1.14 bits per heavy atom. The molecule has 0 bridgehead atoms. The second kappa shape index (κ2) is 6.17. The Morgan fingerprint density at radius 2 is 1.90 bits per heavy atom. The molecule has 0 spiro atoms. The van der Waals surface area contributed by atoms with Gasteiger partial charge in [0.25, 0.3) is 0 Å². The minimum atomic E-state index is -0.238. The van der Waals surface area contributed by atoms with Crippen molar-refractivity contribution < 1.29 is 4.39 Å². The zero-order valence-electron chi connectivity index (χ0n) is 10.6. The number of hydrogen-bond acceptors (Lipinski definition) is 4. The summed E-state index contributed by atoms with van der Waals surface area (Å²) in [6.07, 6.45) is 4.03. The van der Waals surface area contributed by atoms with Crippen LogP contribution in [0.5, 0.6) is 0 Å². The van der Waals surface area contributed by atoms with Crippen molar-refractivity contribution >= 4 is 38.9 Å². The Hall–Kier alpha value is -1.37. The van der Waals surface area contributed by atoms with Crippen molar-refractivity contribution in [3.63, 3.8) is 0 Å². The molecule has 0 N–H and O–H groups in total. The molecule has 2 aromatic heterocycles. The van der Waals surface area contributed by atoms with Gasteiger partial charge in [0, 0.05) is 18.8 Å². The van der Waals surface area contributed by atoms with Crippen molar-refractivity contribution in [1.82, 2.24) is 15.0 Å². The molecule has 1 aromatic carbocycles. The van der Waals surface area contributed by atoms with Gasteiger partial charge in [0.2, 0.25) is 5.28 Å². The van der Waals surface area contributed by atoms with Crippen molar-refractivity contribution in [1.29, 1.82) is 0 Å². The van der Waals surface area contributed by atoms with Crippen LogP contribution in [0.1, 0.15) is 10.6 Å². The Balaban J connectivity index is 1.86. The number of hydrogen-bond donors (Lipinski definition) is 0. The number of halogens is 3. The first-order chi connectivity index (χ1) is 10.1. The molecule has 0 unspecified atom stereocenters. The van der Waals surface area contributed by atoms with Gasteiger partial charge in [-0.3, -0.25) is 0 Å². The predicted molar refractivity (Wildman–Crippen MR) is 85.1 cm³/mol. The molecule has 21 heavy (non-hydrogen) atoms. The zero-order valence-corrected chi connectivity index (χ0v) is 13.7. The molecule has 3 rings (SSSR count). The molecule has 3 nitrogen and oxygen atoms in total. The molecule has 0 aliphatic heterocycles. The highest BCUT2D eigenvalue weighted by Crippen LogP contribution is 2.31. The molecule has 0 aliphatic rings. The third kappa shape index (κ3) is 3.45. The molecule has 2 heterocycles. The molecule has 106 valence electrons. The molecule has 0 fully saturated rings. The lowest BCUT2D eigenvalue weighted by molar-refractivity contribution is 0.627. The van der Waals surface area contributed by atoms with E-state index >= 15 is 0 Å². The Bertz CT molecular complexity index is 776. The van der Waals surface area contributed by atoms with Crippen LogP contribution in [0.25, 0.3) is 10.6 Å². The standard InChI is InChI=1S/C14H8BrClFN3S/c15-10-6-19-14(16)20-13(10)11-7-18-12(21-11)5-8-1-3-9(17)4-2-8/h1-4,6-7H,5H2. The number of nitrogens with zero attached hydrogens (tertiary/aromatic N) is 3. The maximum Gasteiger partial charge on any atom is 0.222 e. The van der Waals surface area contributed by atoms with E-state index in [0.29, 0.717) is 6.42 Å². The fourth-order valence-corrected chi connectivity index (χ4v) is 3.42. The van der Waals surface area contributed by atoms with Gasteiger partial charge in [0.15, 0.2) is 0 Å². The van der Waals surface area contributed by atoms with E-state index in [-0.39, 0.29) is 11.1 Å². The lowest BCUT2D eigenvalue weighted by atomic mass is 10.2. The molecular formula is C14H8BrClFN3S. The Morgan fingerprint density at radius 3 is 2.67 bits per heavy atom. The normalized spacial score (nSPS) is 10.8. The second-order valence-electron chi connectivity index (χ2n) is 4.26. The maximum absolute atomic E-state index is 12.9. The number of thiazole rings is 1. The first-order valence-corrected chi connectivity index (χ1v) is 7.98. The van der Waals surface area contributed by atoms with Gasteiger partial charge in [0.1, 0.15) is 11.5 Å². The van der Waals surface area contributed by atoms with E-state index in [1.54, 1.807) is 24.5 Å². The van der Waals surface area contributed by atoms with E-state index in [2.05, 4.69) is 30.9 Å². The van der Waals surface area contributed by atoms with Gasteiger partial charge < -0.3 is 0 Å². The van der Waals surface area contributed by atoms with Gasteiger partial charge in [-0.05, 0) is 45.2 Å². The van der Waals surface area contributed by atoms with E-state index in [4.69, 9.17) is 11.6 Å². The van der Waals surface area contributed by atoms with Crippen LogP contribution in [0.3, 0.4) is 0 Å². The molecule has 0 aliphatic carbocycles. The summed E-state index contributed by atoms with van der Waals surface area (Å²) in [6.45, 7) is 0. The van der Waals surface area contributed by atoms with Gasteiger partial charge in [0.05, 0.1) is 14.4 Å². The largest absolute Gasteiger partial charge is 0.249 e. The van der Waals surface area contributed by atoms with E-state index in [0.717, 1.165) is 25.6 Å². The summed E-state index contributed by atoms with van der Waals surface area (Å²) < 4.78 is 13.7. The summed E-state index contributed by atoms with van der Waals surface area (Å²) in [7, 11) is 0. The third-order valence-electron chi connectivity index (χ3n) is 2.77. The van der Waals surface area contributed by atoms with Crippen molar-refractivity contribution in [3.05, 3.63) is 62.8 Å². The van der Waals surface area contributed by atoms with Crippen LogP contribution in [-0.4, -0.2) is 15.0 Å². The van der Waals surface area contributed by atoms with Crippen LogP contribution < -0.4 is 0 Å². The van der Waals surface area contributed by atoms with Crippen LogP contribution in [0.4, 0.5) is 4.39 Å². The van der Waals surface area contributed by atoms with Crippen molar-refractivity contribution in [2.24, 2.45) is 0 Å². The fourth-order valence-electron chi connectivity index (χ4n) is 1.80. The van der Waals surface area contributed by atoms with Crippen LogP contribution in [0.15, 0.2) is 41.1 Å². The summed E-state index contributed by atoms with van der Waals surface area (Å²) in [6, 6.07) is 6.41. The summed E-state index contributed by atoms with van der Waals surface area (Å²) in [5.74, 6) is -0.238. The minimum Gasteiger partial charge on any atom is -0.249 e. The van der Waals surface area contributed by atoms with Crippen LogP contribution in [-0.2, 0) is 6.42 Å². The molecule has 3 aromatic rings. The monoisotopic (exact) mass is 383 g/mol. The molecule has 0 saturated carbocycles. The smallest absolute Gasteiger partial charge is 0.222 e. The molecule has 0 amide bonds. The zero-order chi connectivity index (χ0) is 14.8. The topological polar surface area (TPSA) is 38.7 Å². The lowest BCUT2D eigenvalue weighted by Crippen LogP contribution is -1.87. The van der Waals surface area contributed by atoms with Crippen LogP contribution in [0, 0.1) is 5.82 Å². The summed E-state index contributed by atoms with van der Waals surface area (Å²) >= 11 is 10.8. The lowest BCUT2D eigenvalue weighted by Gasteiger charge is -1.99.